The van der Waals surface area contributed by atoms with Gasteiger partial charge in [-0.15, -0.1) is 0 Å². The molecule has 22 heavy (non-hydrogen) atoms. The summed E-state index contributed by atoms with van der Waals surface area (Å²) in [4.78, 5) is 17.3. The molecular formula is C15H22N2O4S. The average molecular weight is 326 g/mol. The molecule has 0 N–H and O–H groups in total. The monoisotopic (exact) mass is 326 g/mol. The summed E-state index contributed by atoms with van der Waals surface area (Å²) in [5.74, 6) is -0.0255. The number of pyridine rings is 1. The molecule has 0 radical (unpaired) electrons. The normalized spacial score (nSPS) is 19.2. The Labute approximate surface area is 131 Å². The molecule has 1 atom stereocenters. The van der Waals surface area contributed by atoms with Crippen LogP contribution >= 0.6 is 0 Å². The SMILES string of the molecule is CC(C)(C)OC(=O)N1CC[C@@H](S(=O)(=O)Cc2ccncc2)C1. The van der Waals surface area contributed by atoms with E-state index in [1.807, 2.05) is 0 Å². The van der Waals surface area contributed by atoms with Gasteiger partial charge in [0.1, 0.15) is 5.60 Å². The zero-order chi connectivity index (χ0) is 16.4. The number of rotatable bonds is 3. The lowest BCUT2D eigenvalue weighted by atomic mass is 10.2. The summed E-state index contributed by atoms with van der Waals surface area (Å²) in [7, 11) is -3.30. The Morgan fingerprint density at radius 3 is 2.59 bits per heavy atom. The Morgan fingerprint density at radius 2 is 2.00 bits per heavy atom. The van der Waals surface area contributed by atoms with Crippen molar-refractivity contribution >= 4 is 15.9 Å². The van der Waals surface area contributed by atoms with E-state index < -0.39 is 26.8 Å². The molecule has 0 saturated carbocycles. The van der Waals surface area contributed by atoms with Crippen molar-refractivity contribution in [2.75, 3.05) is 13.1 Å². The second-order valence-electron chi connectivity index (χ2n) is 6.50. The van der Waals surface area contributed by atoms with Gasteiger partial charge in [0.25, 0.3) is 0 Å². The van der Waals surface area contributed by atoms with E-state index in [1.54, 1.807) is 45.3 Å². The van der Waals surface area contributed by atoms with Crippen LogP contribution in [0.15, 0.2) is 24.5 Å². The molecule has 0 spiro atoms. The topological polar surface area (TPSA) is 76.6 Å². The van der Waals surface area contributed by atoms with E-state index >= 15 is 0 Å². The van der Waals surface area contributed by atoms with Crippen molar-refractivity contribution in [3.8, 4) is 0 Å². The van der Waals surface area contributed by atoms with Gasteiger partial charge in [-0.3, -0.25) is 4.98 Å². The average Bonchev–Trinajstić information content (AvgIpc) is 2.87. The van der Waals surface area contributed by atoms with Gasteiger partial charge in [-0.25, -0.2) is 13.2 Å². The fraction of sp³-hybridized carbons (Fsp3) is 0.600. The van der Waals surface area contributed by atoms with Crippen LogP contribution in [0.4, 0.5) is 4.79 Å². The summed E-state index contributed by atoms with van der Waals surface area (Å²) in [6.07, 6.45) is 3.15. The maximum absolute atomic E-state index is 12.5. The van der Waals surface area contributed by atoms with Crippen molar-refractivity contribution in [1.29, 1.82) is 0 Å². The minimum Gasteiger partial charge on any atom is -0.444 e. The minimum atomic E-state index is -3.30. The highest BCUT2D eigenvalue weighted by Gasteiger charge is 2.36. The first-order valence-electron chi connectivity index (χ1n) is 7.26. The number of hydrogen-bond acceptors (Lipinski definition) is 5. The third-order valence-corrected chi connectivity index (χ3v) is 5.56. The van der Waals surface area contributed by atoms with E-state index in [4.69, 9.17) is 4.74 Å². The number of carbonyl (C=O) groups excluding carboxylic acids is 1. The number of likely N-dealkylation sites (tertiary alicyclic amines) is 1. The lowest BCUT2D eigenvalue weighted by molar-refractivity contribution is 0.0295. The Bertz CT molecular complexity index is 623. The maximum Gasteiger partial charge on any atom is 0.410 e. The van der Waals surface area contributed by atoms with Gasteiger partial charge in [0, 0.05) is 25.5 Å². The Morgan fingerprint density at radius 1 is 1.36 bits per heavy atom. The van der Waals surface area contributed by atoms with Gasteiger partial charge in [0.15, 0.2) is 9.84 Å². The molecule has 0 bridgehead atoms. The quantitative estimate of drug-likeness (QED) is 0.849. The van der Waals surface area contributed by atoms with Crippen LogP contribution in [0.3, 0.4) is 0 Å². The first-order valence-corrected chi connectivity index (χ1v) is 8.97. The number of ether oxygens (including phenoxy) is 1. The molecule has 0 aromatic carbocycles. The molecule has 1 aromatic heterocycles. The molecule has 2 heterocycles. The summed E-state index contributed by atoms with van der Waals surface area (Å²) >= 11 is 0. The Kier molecular flexibility index (Phi) is 4.75. The van der Waals surface area contributed by atoms with E-state index in [0.29, 0.717) is 18.5 Å². The van der Waals surface area contributed by atoms with Crippen molar-refractivity contribution in [3.05, 3.63) is 30.1 Å². The number of amides is 1. The van der Waals surface area contributed by atoms with Crippen molar-refractivity contribution < 1.29 is 17.9 Å². The smallest absolute Gasteiger partial charge is 0.410 e. The van der Waals surface area contributed by atoms with Crippen LogP contribution in [0.25, 0.3) is 0 Å². The largest absolute Gasteiger partial charge is 0.444 e. The molecule has 7 heteroatoms. The first kappa shape index (κ1) is 16.7. The highest BCUT2D eigenvalue weighted by molar-refractivity contribution is 7.91. The van der Waals surface area contributed by atoms with Crippen molar-refractivity contribution in [1.82, 2.24) is 9.88 Å². The van der Waals surface area contributed by atoms with E-state index in [9.17, 15) is 13.2 Å². The fourth-order valence-electron chi connectivity index (χ4n) is 2.34. The van der Waals surface area contributed by atoms with Gasteiger partial charge in [0.2, 0.25) is 0 Å². The molecule has 0 unspecified atom stereocenters. The van der Waals surface area contributed by atoms with E-state index in [-0.39, 0.29) is 12.3 Å². The molecule has 122 valence electrons. The van der Waals surface area contributed by atoms with E-state index in [2.05, 4.69) is 4.98 Å². The van der Waals surface area contributed by atoms with Crippen LogP contribution in [0.1, 0.15) is 32.8 Å². The first-order chi connectivity index (χ1) is 10.2. The van der Waals surface area contributed by atoms with Crippen molar-refractivity contribution in [3.63, 3.8) is 0 Å². The fourth-order valence-corrected chi connectivity index (χ4v) is 4.11. The minimum absolute atomic E-state index is 0.0255. The molecule has 1 amide bonds. The van der Waals surface area contributed by atoms with Crippen LogP contribution < -0.4 is 0 Å². The third-order valence-electron chi connectivity index (χ3n) is 3.42. The summed E-state index contributed by atoms with van der Waals surface area (Å²) in [6.45, 7) is 5.98. The summed E-state index contributed by atoms with van der Waals surface area (Å²) in [6, 6.07) is 3.39. The lowest BCUT2D eigenvalue weighted by Gasteiger charge is -2.24. The maximum atomic E-state index is 12.5. The zero-order valence-corrected chi connectivity index (χ0v) is 14.0. The second-order valence-corrected chi connectivity index (χ2v) is 8.78. The summed E-state index contributed by atoms with van der Waals surface area (Å²) in [5.41, 5.74) is 0.135. The third kappa shape index (κ3) is 4.43. The number of nitrogens with zero attached hydrogens (tertiary/aromatic N) is 2. The Balaban J connectivity index is 1.99. The molecule has 6 nitrogen and oxygen atoms in total. The number of sulfone groups is 1. The molecule has 1 saturated heterocycles. The van der Waals surface area contributed by atoms with Crippen molar-refractivity contribution in [2.24, 2.45) is 0 Å². The van der Waals surface area contributed by atoms with Gasteiger partial charge >= 0.3 is 6.09 Å². The Hall–Kier alpha value is -1.63. The highest BCUT2D eigenvalue weighted by Crippen LogP contribution is 2.22. The highest BCUT2D eigenvalue weighted by atomic mass is 32.2. The molecule has 1 aliphatic heterocycles. The van der Waals surface area contributed by atoms with Crippen LogP contribution in [-0.4, -0.2) is 48.3 Å². The standard InChI is InChI=1S/C15H22N2O4S/c1-15(2,3)21-14(18)17-9-6-13(10-17)22(19,20)11-12-4-7-16-8-5-12/h4-5,7-8,13H,6,9-11H2,1-3H3/t13-/m1/s1. The number of aromatic nitrogens is 1. The van der Waals surface area contributed by atoms with E-state index in [1.165, 1.54) is 4.90 Å². The van der Waals surface area contributed by atoms with Gasteiger partial charge in [-0.05, 0) is 44.9 Å². The van der Waals surface area contributed by atoms with Crippen molar-refractivity contribution in [2.45, 2.75) is 43.8 Å². The van der Waals surface area contributed by atoms with Crippen LogP contribution in [0.5, 0.6) is 0 Å². The van der Waals surface area contributed by atoms with Crippen LogP contribution in [-0.2, 0) is 20.3 Å². The van der Waals surface area contributed by atoms with E-state index in [0.717, 1.165) is 0 Å². The zero-order valence-electron chi connectivity index (χ0n) is 13.2. The molecule has 1 aromatic rings. The predicted molar refractivity (Wildman–Crippen MR) is 83.1 cm³/mol. The lowest BCUT2D eigenvalue weighted by Crippen LogP contribution is -2.36. The van der Waals surface area contributed by atoms with Crippen LogP contribution in [0.2, 0.25) is 0 Å². The molecule has 0 aliphatic carbocycles. The second kappa shape index (κ2) is 6.24. The number of carbonyl (C=O) groups is 1. The van der Waals surface area contributed by atoms with Gasteiger partial charge in [-0.2, -0.15) is 0 Å². The number of hydrogen-bond donors (Lipinski definition) is 0. The molecule has 1 fully saturated rings. The van der Waals surface area contributed by atoms with Crippen LogP contribution in [0, 0.1) is 0 Å². The molecule has 2 rings (SSSR count). The molecular weight excluding hydrogens is 304 g/mol. The van der Waals surface area contributed by atoms with Gasteiger partial charge in [0.05, 0.1) is 11.0 Å². The molecule has 1 aliphatic rings. The predicted octanol–water partition coefficient (Wildman–Crippen LogP) is 2.01. The van der Waals surface area contributed by atoms with Gasteiger partial charge < -0.3 is 9.64 Å². The van der Waals surface area contributed by atoms with Gasteiger partial charge in [-0.1, -0.05) is 0 Å². The summed E-state index contributed by atoms with van der Waals surface area (Å²) < 4.78 is 30.2. The summed E-state index contributed by atoms with van der Waals surface area (Å²) in [5, 5.41) is -0.534.